The summed E-state index contributed by atoms with van der Waals surface area (Å²) in [4.78, 5) is 28.7. The molecule has 2 aliphatic heterocycles. The van der Waals surface area contributed by atoms with Crippen LogP contribution in [0, 0.1) is 0 Å². The number of amides is 1. The number of ether oxygens (including phenoxy) is 1. The summed E-state index contributed by atoms with van der Waals surface area (Å²) in [5.74, 6) is -0.0788. The minimum absolute atomic E-state index is 0.0147. The van der Waals surface area contributed by atoms with Crippen LogP contribution in [-0.2, 0) is 10.2 Å². The molecular formula is C26H27NO4. The van der Waals surface area contributed by atoms with E-state index in [9.17, 15) is 9.59 Å². The Morgan fingerprint density at radius 3 is 2.45 bits per heavy atom. The predicted molar refractivity (Wildman–Crippen MR) is 119 cm³/mol. The Hall–Kier alpha value is -2.92. The highest BCUT2D eigenvalue weighted by molar-refractivity contribution is 5.99. The van der Waals surface area contributed by atoms with E-state index in [1.165, 1.54) is 5.56 Å². The maximum absolute atomic E-state index is 13.5. The fourth-order valence-corrected chi connectivity index (χ4v) is 4.68. The fraction of sp³-hybridized carbons (Fsp3) is 0.385. The number of para-hydroxylation sites is 1. The topological polar surface area (TPSA) is 59.8 Å². The molecule has 31 heavy (non-hydrogen) atoms. The highest BCUT2D eigenvalue weighted by Crippen LogP contribution is 2.39. The molecule has 2 aliphatic rings. The van der Waals surface area contributed by atoms with Gasteiger partial charge >= 0.3 is 0 Å². The molecular weight excluding hydrogens is 390 g/mol. The number of carbonyl (C=O) groups is 1. The molecule has 5 nitrogen and oxygen atoms in total. The van der Waals surface area contributed by atoms with Gasteiger partial charge in [-0.2, -0.15) is 0 Å². The van der Waals surface area contributed by atoms with Crippen molar-refractivity contribution >= 4 is 16.9 Å². The highest BCUT2D eigenvalue weighted by Gasteiger charge is 2.43. The SMILES string of the molecule is CC(C)(C)c1ccc([C@H]2c3c(oc4ccccc4c3=O)C(=O)N2C[C@@H]2CCCO2)cc1. The second-order valence-corrected chi connectivity index (χ2v) is 9.54. The van der Waals surface area contributed by atoms with Gasteiger partial charge < -0.3 is 14.1 Å². The van der Waals surface area contributed by atoms with E-state index in [2.05, 4.69) is 32.9 Å². The molecule has 3 heterocycles. The van der Waals surface area contributed by atoms with Gasteiger partial charge in [-0.05, 0) is 41.5 Å². The van der Waals surface area contributed by atoms with Crippen molar-refractivity contribution in [1.82, 2.24) is 4.90 Å². The van der Waals surface area contributed by atoms with Gasteiger partial charge in [-0.1, -0.05) is 57.2 Å². The summed E-state index contributed by atoms with van der Waals surface area (Å²) in [7, 11) is 0. The van der Waals surface area contributed by atoms with Crippen molar-refractivity contribution in [1.29, 1.82) is 0 Å². The summed E-state index contributed by atoms with van der Waals surface area (Å²) in [6.07, 6.45) is 1.89. The lowest BCUT2D eigenvalue weighted by Crippen LogP contribution is -2.36. The van der Waals surface area contributed by atoms with Gasteiger partial charge in [-0.3, -0.25) is 9.59 Å². The van der Waals surface area contributed by atoms with Gasteiger partial charge in [0.05, 0.1) is 23.1 Å². The summed E-state index contributed by atoms with van der Waals surface area (Å²) in [5, 5.41) is 0.504. The molecule has 3 aromatic rings. The van der Waals surface area contributed by atoms with Gasteiger partial charge in [0.25, 0.3) is 5.91 Å². The molecule has 1 fully saturated rings. The smallest absolute Gasteiger partial charge is 0.291 e. The first-order chi connectivity index (χ1) is 14.8. The molecule has 1 amide bonds. The Morgan fingerprint density at radius 2 is 1.77 bits per heavy atom. The molecule has 0 bridgehead atoms. The van der Waals surface area contributed by atoms with Crippen molar-refractivity contribution in [2.75, 3.05) is 13.2 Å². The minimum atomic E-state index is -0.471. The van der Waals surface area contributed by atoms with Crippen LogP contribution in [0.25, 0.3) is 11.0 Å². The van der Waals surface area contributed by atoms with Gasteiger partial charge in [-0.25, -0.2) is 0 Å². The van der Waals surface area contributed by atoms with Crippen LogP contribution in [0.5, 0.6) is 0 Å². The van der Waals surface area contributed by atoms with Crippen LogP contribution in [0.15, 0.2) is 57.7 Å². The average Bonchev–Trinajstić information content (AvgIpc) is 3.36. The maximum atomic E-state index is 13.5. The Bertz CT molecular complexity index is 1200. The molecule has 160 valence electrons. The molecule has 0 N–H and O–H groups in total. The predicted octanol–water partition coefficient (Wildman–Crippen LogP) is 4.81. The lowest BCUT2D eigenvalue weighted by Gasteiger charge is -2.28. The number of rotatable bonds is 3. The van der Waals surface area contributed by atoms with Crippen LogP contribution in [0.1, 0.15) is 66.9 Å². The maximum Gasteiger partial charge on any atom is 0.291 e. The summed E-state index contributed by atoms with van der Waals surface area (Å²) in [6.45, 7) is 7.67. The molecule has 0 radical (unpaired) electrons. The second-order valence-electron chi connectivity index (χ2n) is 9.54. The van der Waals surface area contributed by atoms with Crippen molar-refractivity contribution in [3.63, 3.8) is 0 Å². The molecule has 5 heteroatoms. The van der Waals surface area contributed by atoms with E-state index < -0.39 is 6.04 Å². The van der Waals surface area contributed by atoms with E-state index in [0.717, 1.165) is 18.4 Å². The van der Waals surface area contributed by atoms with Crippen LogP contribution in [0.3, 0.4) is 0 Å². The molecule has 2 aromatic carbocycles. The summed E-state index contributed by atoms with van der Waals surface area (Å²) >= 11 is 0. The summed E-state index contributed by atoms with van der Waals surface area (Å²) < 4.78 is 11.8. The second kappa shape index (κ2) is 7.34. The molecule has 2 atom stereocenters. The van der Waals surface area contributed by atoms with E-state index in [1.807, 2.05) is 24.3 Å². The van der Waals surface area contributed by atoms with Crippen LogP contribution >= 0.6 is 0 Å². The third-order valence-corrected chi connectivity index (χ3v) is 6.39. The van der Waals surface area contributed by atoms with E-state index >= 15 is 0 Å². The van der Waals surface area contributed by atoms with Crippen molar-refractivity contribution in [3.05, 3.63) is 81.2 Å². The zero-order chi connectivity index (χ0) is 21.8. The highest BCUT2D eigenvalue weighted by atomic mass is 16.5. The molecule has 0 saturated carbocycles. The molecule has 1 saturated heterocycles. The molecule has 0 unspecified atom stereocenters. The van der Waals surface area contributed by atoms with Gasteiger partial charge in [0.2, 0.25) is 5.76 Å². The number of hydrogen-bond donors (Lipinski definition) is 0. The largest absolute Gasteiger partial charge is 0.450 e. The zero-order valence-electron chi connectivity index (χ0n) is 18.2. The van der Waals surface area contributed by atoms with Crippen LogP contribution < -0.4 is 5.43 Å². The number of hydrogen-bond acceptors (Lipinski definition) is 4. The third kappa shape index (κ3) is 3.37. The first-order valence-electron chi connectivity index (χ1n) is 10.9. The first kappa shape index (κ1) is 20.0. The number of carbonyl (C=O) groups excluding carboxylic acids is 1. The van der Waals surface area contributed by atoms with E-state index in [1.54, 1.807) is 17.0 Å². The van der Waals surface area contributed by atoms with E-state index in [-0.39, 0.29) is 28.6 Å². The number of nitrogens with zero attached hydrogens (tertiary/aromatic N) is 1. The van der Waals surface area contributed by atoms with Gasteiger partial charge in [0.1, 0.15) is 5.58 Å². The quantitative estimate of drug-likeness (QED) is 0.613. The van der Waals surface area contributed by atoms with Crippen LogP contribution in [-0.4, -0.2) is 30.1 Å². The van der Waals surface area contributed by atoms with E-state index in [4.69, 9.17) is 9.15 Å². The zero-order valence-corrected chi connectivity index (χ0v) is 18.2. The molecule has 1 aromatic heterocycles. The normalized spacial score (nSPS) is 21.1. The Morgan fingerprint density at radius 1 is 1.03 bits per heavy atom. The van der Waals surface area contributed by atoms with Crippen LogP contribution in [0.2, 0.25) is 0 Å². The molecule has 0 spiro atoms. The lowest BCUT2D eigenvalue weighted by molar-refractivity contribution is 0.0486. The number of fused-ring (bicyclic) bond motifs is 2. The van der Waals surface area contributed by atoms with Crippen molar-refractivity contribution in [2.24, 2.45) is 0 Å². The fourth-order valence-electron chi connectivity index (χ4n) is 4.68. The first-order valence-corrected chi connectivity index (χ1v) is 10.9. The minimum Gasteiger partial charge on any atom is -0.450 e. The Balaban J connectivity index is 1.66. The Kier molecular flexibility index (Phi) is 4.74. The average molecular weight is 418 g/mol. The third-order valence-electron chi connectivity index (χ3n) is 6.39. The Labute approximate surface area is 181 Å². The summed E-state index contributed by atoms with van der Waals surface area (Å²) in [6, 6.07) is 14.9. The molecule has 5 rings (SSSR count). The summed E-state index contributed by atoms with van der Waals surface area (Å²) in [5.41, 5.74) is 2.89. The van der Waals surface area contributed by atoms with Crippen molar-refractivity contribution in [3.8, 4) is 0 Å². The van der Waals surface area contributed by atoms with Crippen molar-refractivity contribution < 1.29 is 13.9 Å². The monoisotopic (exact) mass is 417 g/mol. The standard InChI is InChI=1S/C26H27NO4/c1-26(2,3)17-12-10-16(11-13-17)22-21-23(28)19-8-4-5-9-20(19)31-24(21)25(29)27(22)15-18-7-6-14-30-18/h4-5,8-13,18,22H,6-7,14-15H2,1-3H3/t18-,22-/m0/s1. The van der Waals surface area contributed by atoms with Gasteiger partial charge in [0, 0.05) is 13.2 Å². The van der Waals surface area contributed by atoms with Gasteiger partial charge in [-0.15, -0.1) is 0 Å². The number of benzene rings is 2. The van der Waals surface area contributed by atoms with Crippen molar-refractivity contribution in [2.45, 2.75) is 51.2 Å². The van der Waals surface area contributed by atoms with Gasteiger partial charge in [0.15, 0.2) is 5.43 Å². The van der Waals surface area contributed by atoms with E-state index in [0.29, 0.717) is 29.7 Å². The lowest BCUT2D eigenvalue weighted by atomic mass is 9.86. The molecule has 0 aliphatic carbocycles. The van der Waals surface area contributed by atoms with Crippen LogP contribution in [0.4, 0.5) is 0 Å².